The van der Waals surface area contributed by atoms with Gasteiger partial charge in [0, 0.05) is 11.6 Å². The van der Waals surface area contributed by atoms with Gasteiger partial charge in [-0.1, -0.05) is 13.8 Å². The van der Waals surface area contributed by atoms with Crippen molar-refractivity contribution in [2.24, 2.45) is 5.18 Å². The lowest BCUT2D eigenvalue weighted by atomic mass is 10.0. The molecule has 0 fully saturated rings. The van der Waals surface area contributed by atoms with Gasteiger partial charge in [-0.3, -0.25) is 0 Å². The zero-order valence-electron chi connectivity index (χ0n) is 10.1. The van der Waals surface area contributed by atoms with E-state index in [1.54, 1.807) is 6.07 Å². The summed E-state index contributed by atoms with van der Waals surface area (Å²) in [7, 11) is 1.48. The zero-order valence-corrected chi connectivity index (χ0v) is 10.1. The summed E-state index contributed by atoms with van der Waals surface area (Å²) in [6.07, 6.45) is 0. The van der Waals surface area contributed by atoms with Crippen LogP contribution < -0.4 is 9.47 Å². The normalized spacial score (nSPS) is 9.82. The zero-order chi connectivity index (χ0) is 12.8. The molecule has 0 aromatic heterocycles. The van der Waals surface area contributed by atoms with E-state index in [0.29, 0.717) is 11.5 Å². The van der Waals surface area contributed by atoms with Crippen molar-refractivity contribution >= 4 is 5.69 Å². The van der Waals surface area contributed by atoms with Crippen LogP contribution in [0.25, 0.3) is 0 Å². The van der Waals surface area contributed by atoms with E-state index in [-0.39, 0.29) is 18.2 Å². The van der Waals surface area contributed by atoms with Crippen LogP contribution in [0.1, 0.15) is 25.3 Å². The highest BCUT2D eigenvalue weighted by Crippen LogP contribution is 2.38. The number of nitriles is 1. The summed E-state index contributed by atoms with van der Waals surface area (Å²) in [6, 6.07) is 5.10. The first-order valence-electron chi connectivity index (χ1n) is 5.19. The smallest absolute Gasteiger partial charge is 0.174 e. The topological polar surface area (TPSA) is 71.7 Å². The van der Waals surface area contributed by atoms with Gasteiger partial charge in [0.05, 0.1) is 7.11 Å². The highest BCUT2D eigenvalue weighted by Gasteiger charge is 2.14. The number of hydrogen-bond acceptors (Lipinski definition) is 5. The van der Waals surface area contributed by atoms with Crippen LogP contribution in [0.3, 0.4) is 0 Å². The van der Waals surface area contributed by atoms with Crippen molar-refractivity contribution in [3.63, 3.8) is 0 Å². The Labute approximate surface area is 99.9 Å². The number of methoxy groups -OCH3 is 1. The van der Waals surface area contributed by atoms with E-state index in [1.807, 2.05) is 19.9 Å². The van der Waals surface area contributed by atoms with Gasteiger partial charge in [-0.25, -0.2) is 0 Å². The Morgan fingerprint density at radius 3 is 2.59 bits per heavy atom. The van der Waals surface area contributed by atoms with Crippen molar-refractivity contribution in [1.29, 1.82) is 5.26 Å². The van der Waals surface area contributed by atoms with Gasteiger partial charge in [0.15, 0.2) is 12.3 Å². The van der Waals surface area contributed by atoms with E-state index in [2.05, 4.69) is 5.18 Å². The third-order valence-electron chi connectivity index (χ3n) is 2.32. The molecule has 0 heterocycles. The maximum absolute atomic E-state index is 10.6. The SMILES string of the molecule is COc1cc(C(C)C)c(OCC#N)cc1N=O. The lowest BCUT2D eigenvalue weighted by Crippen LogP contribution is -2.00. The molecular weight excluding hydrogens is 220 g/mol. The second kappa shape index (κ2) is 5.85. The van der Waals surface area contributed by atoms with Gasteiger partial charge in [0.2, 0.25) is 0 Å². The summed E-state index contributed by atoms with van der Waals surface area (Å²) in [5.74, 6) is 1.10. The molecule has 0 aliphatic carbocycles. The summed E-state index contributed by atoms with van der Waals surface area (Å²) in [6.45, 7) is 3.91. The van der Waals surface area contributed by atoms with Gasteiger partial charge in [-0.2, -0.15) is 5.26 Å². The van der Waals surface area contributed by atoms with E-state index in [9.17, 15) is 4.91 Å². The van der Waals surface area contributed by atoms with E-state index in [4.69, 9.17) is 14.7 Å². The molecule has 5 nitrogen and oxygen atoms in total. The Morgan fingerprint density at radius 1 is 1.41 bits per heavy atom. The summed E-state index contributed by atoms with van der Waals surface area (Å²) < 4.78 is 10.3. The van der Waals surface area contributed by atoms with Crippen LogP contribution in [-0.2, 0) is 0 Å². The quantitative estimate of drug-likeness (QED) is 0.734. The lowest BCUT2D eigenvalue weighted by Gasteiger charge is -2.14. The highest BCUT2D eigenvalue weighted by atomic mass is 16.5. The number of rotatable bonds is 5. The van der Waals surface area contributed by atoms with Gasteiger partial charge < -0.3 is 9.47 Å². The van der Waals surface area contributed by atoms with Crippen LogP contribution >= 0.6 is 0 Å². The number of ether oxygens (including phenoxy) is 2. The number of benzene rings is 1. The molecule has 0 spiro atoms. The molecule has 0 aliphatic heterocycles. The van der Waals surface area contributed by atoms with Crippen molar-refractivity contribution < 1.29 is 9.47 Å². The Hall–Kier alpha value is -2.09. The largest absolute Gasteiger partial charge is 0.494 e. The molecule has 0 unspecified atom stereocenters. The minimum Gasteiger partial charge on any atom is -0.494 e. The van der Waals surface area contributed by atoms with Gasteiger partial charge >= 0.3 is 0 Å². The summed E-state index contributed by atoms with van der Waals surface area (Å²) in [5.41, 5.74) is 1.05. The third kappa shape index (κ3) is 2.94. The minimum absolute atomic E-state index is 0.0651. The molecule has 1 rings (SSSR count). The maximum atomic E-state index is 10.6. The van der Waals surface area contributed by atoms with E-state index in [0.717, 1.165) is 5.56 Å². The molecule has 90 valence electrons. The molecule has 0 N–H and O–H groups in total. The predicted molar refractivity (Wildman–Crippen MR) is 63.6 cm³/mol. The molecule has 0 saturated carbocycles. The first kappa shape index (κ1) is 13.0. The van der Waals surface area contributed by atoms with E-state index < -0.39 is 0 Å². The fourth-order valence-corrected chi connectivity index (χ4v) is 1.49. The van der Waals surface area contributed by atoms with Crippen LogP contribution in [0.5, 0.6) is 11.5 Å². The van der Waals surface area contributed by atoms with Crippen LogP contribution in [0.4, 0.5) is 5.69 Å². The van der Waals surface area contributed by atoms with Crippen LogP contribution in [-0.4, -0.2) is 13.7 Å². The molecular formula is C12H14N2O3. The average Bonchev–Trinajstić information content (AvgIpc) is 2.34. The molecule has 0 bridgehead atoms. The van der Waals surface area contributed by atoms with Crippen molar-refractivity contribution in [2.45, 2.75) is 19.8 Å². The molecule has 0 atom stereocenters. The van der Waals surface area contributed by atoms with Gasteiger partial charge in [-0.15, -0.1) is 4.91 Å². The van der Waals surface area contributed by atoms with Crippen LogP contribution in [0.15, 0.2) is 17.3 Å². The monoisotopic (exact) mass is 234 g/mol. The Morgan fingerprint density at radius 2 is 2.12 bits per heavy atom. The molecule has 17 heavy (non-hydrogen) atoms. The molecule has 1 aromatic rings. The van der Waals surface area contributed by atoms with Crippen molar-refractivity contribution in [2.75, 3.05) is 13.7 Å². The Balaban J connectivity index is 3.25. The standard InChI is InChI=1S/C12H14N2O3/c1-8(2)9-6-12(16-3)10(14-15)7-11(9)17-5-4-13/h6-8H,5H2,1-3H3. The number of hydrogen-bond donors (Lipinski definition) is 0. The van der Waals surface area contributed by atoms with Gasteiger partial charge in [-0.05, 0) is 17.2 Å². The fourth-order valence-electron chi connectivity index (χ4n) is 1.49. The van der Waals surface area contributed by atoms with E-state index >= 15 is 0 Å². The Bertz CT molecular complexity index is 450. The highest BCUT2D eigenvalue weighted by molar-refractivity contribution is 5.59. The fraction of sp³-hybridized carbons (Fsp3) is 0.417. The number of nitroso groups, excluding NO2 is 1. The van der Waals surface area contributed by atoms with E-state index in [1.165, 1.54) is 13.2 Å². The molecule has 5 heteroatoms. The molecule has 0 saturated heterocycles. The van der Waals surface area contributed by atoms with Crippen molar-refractivity contribution in [1.82, 2.24) is 0 Å². The van der Waals surface area contributed by atoms with Gasteiger partial charge in [0.1, 0.15) is 17.6 Å². The van der Waals surface area contributed by atoms with Gasteiger partial charge in [0.25, 0.3) is 0 Å². The molecule has 0 radical (unpaired) electrons. The Kier molecular flexibility index (Phi) is 4.46. The number of nitrogens with zero attached hydrogens (tertiary/aromatic N) is 2. The lowest BCUT2D eigenvalue weighted by molar-refractivity contribution is 0.360. The second-order valence-electron chi connectivity index (χ2n) is 3.75. The second-order valence-corrected chi connectivity index (χ2v) is 3.75. The van der Waals surface area contributed by atoms with Crippen molar-refractivity contribution in [3.05, 3.63) is 22.6 Å². The molecule has 0 amide bonds. The van der Waals surface area contributed by atoms with Crippen molar-refractivity contribution in [3.8, 4) is 17.6 Å². The summed E-state index contributed by atoms with van der Waals surface area (Å²) >= 11 is 0. The first-order chi connectivity index (χ1) is 8.13. The average molecular weight is 234 g/mol. The summed E-state index contributed by atoms with van der Waals surface area (Å²) in [5, 5.41) is 11.4. The van der Waals surface area contributed by atoms with Crippen LogP contribution in [0.2, 0.25) is 0 Å². The summed E-state index contributed by atoms with van der Waals surface area (Å²) in [4.78, 5) is 10.6. The minimum atomic E-state index is -0.0651. The third-order valence-corrected chi connectivity index (χ3v) is 2.32. The molecule has 0 aliphatic rings. The first-order valence-corrected chi connectivity index (χ1v) is 5.19. The predicted octanol–water partition coefficient (Wildman–Crippen LogP) is 3.12. The molecule has 1 aromatic carbocycles. The van der Waals surface area contributed by atoms with Crippen LogP contribution in [0, 0.1) is 16.2 Å². The maximum Gasteiger partial charge on any atom is 0.174 e.